The molecule has 18 heavy (non-hydrogen) atoms. The average Bonchev–Trinajstić information content (AvgIpc) is 2.27. The zero-order chi connectivity index (χ0) is 13.9. The van der Waals surface area contributed by atoms with Crippen LogP contribution in [0.4, 0.5) is 0 Å². The second-order valence-electron chi connectivity index (χ2n) is 4.75. The molecule has 1 aliphatic heterocycles. The Kier molecular flexibility index (Phi) is 5.10. The van der Waals surface area contributed by atoms with Crippen molar-refractivity contribution in [1.29, 1.82) is 0 Å². The third-order valence-corrected chi connectivity index (χ3v) is 3.38. The summed E-state index contributed by atoms with van der Waals surface area (Å²) >= 11 is 0. The zero-order valence-electron chi connectivity index (χ0n) is 11.2. The summed E-state index contributed by atoms with van der Waals surface area (Å²) in [6.45, 7) is 6.73. The third kappa shape index (κ3) is 3.68. The molecule has 6 nitrogen and oxygen atoms in total. The Bertz CT molecular complexity index is 318. The Balaban J connectivity index is 2.67. The topological polar surface area (TPSA) is 87.9 Å². The molecule has 2 N–H and O–H groups in total. The van der Waals surface area contributed by atoms with Crippen LogP contribution in [0.5, 0.6) is 0 Å². The van der Waals surface area contributed by atoms with Crippen LogP contribution < -0.4 is 5.73 Å². The Morgan fingerprint density at radius 1 is 1.17 bits per heavy atom. The van der Waals surface area contributed by atoms with E-state index in [2.05, 4.69) is 0 Å². The summed E-state index contributed by atoms with van der Waals surface area (Å²) in [7, 11) is 0. The molecule has 0 amide bonds. The summed E-state index contributed by atoms with van der Waals surface area (Å²) in [5.74, 6) is -0.587. The quantitative estimate of drug-likeness (QED) is 0.740. The fourth-order valence-electron chi connectivity index (χ4n) is 1.98. The molecular formula is C12H21NO5. The molecule has 1 aliphatic rings. The number of carbonyl (C=O) groups is 2. The first-order valence-electron chi connectivity index (χ1n) is 6.04. The minimum atomic E-state index is -0.783. The van der Waals surface area contributed by atoms with Gasteiger partial charge in [0, 0.05) is 13.8 Å². The Labute approximate surface area is 107 Å². The first-order chi connectivity index (χ1) is 8.32. The molecular weight excluding hydrogens is 238 g/mol. The van der Waals surface area contributed by atoms with Gasteiger partial charge in [-0.3, -0.25) is 9.59 Å². The van der Waals surface area contributed by atoms with Gasteiger partial charge in [0.05, 0.1) is 12.1 Å². The van der Waals surface area contributed by atoms with Crippen molar-refractivity contribution >= 4 is 11.9 Å². The van der Waals surface area contributed by atoms with E-state index in [0.717, 1.165) is 0 Å². The van der Waals surface area contributed by atoms with Crippen LogP contribution in [0.2, 0.25) is 0 Å². The van der Waals surface area contributed by atoms with Gasteiger partial charge in [-0.2, -0.15) is 0 Å². The van der Waals surface area contributed by atoms with E-state index >= 15 is 0 Å². The Morgan fingerprint density at radius 2 is 1.78 bits per heavy atom. The van der Waals surface area contributed by atoms with Gasteiger partial charge in [0.2, 0.25) is 6.29 Å². The maximum absolute atomic E-state index is 11.0. The molecule has 5 unspecified atom stereocenters. The van der Waals surface area contributed by atoms with Gasteiger partial charge in [-0.1, -0.05) is 13.8 Å². The predicted molar refractivity (Wildman–Crippen MR) is 63.4 cm³/mol. The van der Waals surface area contributed by atoms with E-state index in [-0.39, 0.29) is 36.6 Å². The molecule has 5 atom stereocenters. The number of esters is 2. The first-order valence-corrected chi connectivity index (χ1v) is 6.04. The minimum Gasteiger partial charge on any atom is -0.463 e. The lowest BCUT2D eigenvalue weighted by Gasteiger charge is -2.42. The normalized spacial score (nSPS) is 35.9. The average molecular weight is 259 g/mol. The molecule has 0 bridgehead atoms. The van der Waals surface area contributed by atoms with Gasteiger partial charge < -0.3 is 19.9 Å². The highest BCUT2D eigenvalue weighted by Crippen LogP contribution is 2.30. The first kappa shape index (κ1) is 14.9. The highest BCUT2D eigenvalue weighted by Gasteiger charge is 2.41. The van der Waals surface area contributed by atoms with Crippen LogP contribution >= 0.6 is 0 Å². The lowest BCUT2D eigenvalue weighted by Crippen LogP contribution is -2.56. The van der Waals surface area contributed by atoms with E-state index in [4.69, 9.17) is 19.9 Å². The maximum Gasteiger partial charge on any atom is 0.304 e. The second kappa shape index (κ2) is 6.15. The number of hydrogen-bond donors (Lipinski definition) is 1. The van der Waals surface area contributed by atoms with Crippen LogP contribution in [0.15, 0.2) is 0 Å². The van der Waals surface area contributed by atoms with Crippen molar-refractivity contribution < 1.29 is 23.8 Å². The molecule has 0 spiro atoms. The third-order valence-electron chi connectivity index (χ3n) is 3.38. The van der Waals surface area contributed by atoms with Crippen molar-refractivity contribution in [2.24, 2.45) is 17.6 Å². The molecule has 0 aliphatic carbocycles. The van der Waals surface area contributed by atoms with Gasteiger partial charge in [-0.05, 0) is 11.8 Å². The molecule has 1 saturated heterocycles. The highest BCUT2D eigenvalue weighted by molar-refractivity contribution is 5.66. The molecule has 104 valence electrons. The lowest BCUT2D eigenvalue weighted by atomic mass is 9.82. The summed E-state index contributed by atoms with van der Waals surface area (Å²) in [5.41, 5.74) is 5.97. The van der Waals surface area contributed by atoms with Crippen molar-refractivity contribution in [2.45, 2.75) is 46.1 Å². The molecule has 0 aromatic heterocycles. The summed E-state index contributed by atoms with van der Waals surface area (Å²) < 4.78 is 15.6. The van der Waals surface area contributed by atoms with E-state index in [1.54, 1.807) is 0 Å². The summed E-state index contributed by atoms with van der Waals surface area (Å²) in [6.07, 6.45) is -1.10. The predicted octanol–water partition coefficient (Wildman–Crippen LogP) is 0.437. The fraction of sp³-hybridized carbons (Fsp3) is 0.833. The number of hydrogen-bond acceptors (Lipinski definition) is 6. The molecule has 0 radical (unpaired) electrons. The second-order valence-corrected chi connectivity index (χ2v) is 4.75. The summed E-state index contributed by atoms with van der Waals surface area (Å²) in [4.78, 5) is 21.8. The van der Waals surface area contributed by atoms with E-state index in [9.17, 15) is 9.59 Å². The molecule has 0 aromatic carbocycles. The number of ether oxygens (including phenoxy) is 3. The highest BCUT2D eigenvalue weighted by atomic mass is 16.7. The Morgan fingerprint density at radius 3 is 2.28 bits per heavy atom. The molecule has 0 saturated carbocycles. The molecule has 1 rings (SSSR count). The number of rotatable bonds is 3. The van der Waals surface area contributed by atoms with Crippen LogP contribution in [-0.2, 0) is 23.8 Å². The molecule has 1 heterocycles. The maximum atomic E-state index is 11.0. The van der Waals surface area contributed by atoms with Crippen LogP contribution in [0.3, 0.4) is 0 Å². The van der Waals surface area contributed by atoms with Gasteiger partial charge in [-0.15, -0.1) is 0 Å². The lowest BCUT2D eigenvalue weighted by molar-refractivity contribution is -0.234. The molecule has 1 fully saturated rings. The van der Waals surface area contributed by atoms with Crippen molar-refractivity contribution in [2.75, 3.05) is 6.61 Å². The van der Waals surface area contributed by atoms with Crippen molar-refractivity contribution in [3.05, 3.63) is 0 Å². The van der Waals surface area contributed by atoms with Crippen LogP contribution in [0.25, 0.3) is 0 Å². The van der Waals surface area contributed by atoms with Crippen molar-refractivity contribution in [3.8, 4) is 0 Å². The van der Waals surface area contributed by atoms with E-state index in [0.29, 0.717) is 0 Å². The Hall–Kier alpha value is -1.14. The zero-order valence-corrected chi connectivity index (χ0v) is 11.2. The monoisotopic (exact) mass is 259 g/mol. The van der Waals surface area contributed by atoms with Gasteiger partial charge in [0.1, 0.15) is 6.61 Å². The van der Waals surface area contributed by atoms with Crippen molar-refractivity contribution in [1.82, 2.24) is 0 Å². The van der Waals surface area contributed by atoms with Crippen LogP contribution in [0, 0.1) is 11.8 Å². The minimum absolute atomic E-state index is 0.101. The fourth-order valence-corrected chi connectivity index (χ4v) is 1.98. The number of carbonyl (C=O) groups excluding carboxylic acids is 2. The van der Waals surface area contributed by atoms with Crippen LogP contribution in [0.1, 0.15) is 27.7 Å². The van der Waals surface area contributed by atoms with Crippen LogP contribution in [-0.4, -0.2) is 37.0 Å². The smallest absolute Gasteiger partial charge is 0.304 e. The largest absolute Gasteiger partial charge is 0.463 e. The van der Waals surface area contributed by atoms with Gasteiger partial charge in [-0.25, -0.2) is 0 Å². The van der Waals surface area contributed by atoms with Gasteiger partial charge >= 0.3 is 11.9 Å². The summed E-state index contributed by atoms with van der Waals surface area (Å²) in [6, 6.07) is -0.377. The number of nitrogens with two attached hydrogens (primary N) is 1. The van der Waals surface area contributed by atoms with Gasteiger partial charge in [0.15, 0.2) is 0 Å². The van der Waals surface area contributed by atoms with Crippen molar-refractivity contribution in [3.63, 3.8) is 0 Å². The van der Waals surface area contributed by atoms with E-state index in [1.807, 2.05) is 13.8 Å². The SMILES string of the molecule is CC(=O)OCC1OC(OC(C)=O)C(N)C(C)C1C. The molecule has 6 heteroatoms. The standard InChI is InChI=1S/C12H21NO5/c1-6-7(2)11(13)12(17-9(4)15)18-10(6)5-16-8(3)14/h6-7,10-12H,5,13H2,1-4H3. The molecule has 0 aromatic rings. The summed E-state index contributed by atoms with van der Waals surface area (Å²) in [5, 5.41) is 0. The van der Waals surface area contributed by atoms with E-state index in [1.165, 1.54) is 13.8 Å². The van der Waals surface area contributed by atoms with Gasteiger partial charge in [0.25, 0.3) is 0 Å². The van der Waals surface area contributed by atoms with E-state index < -0.39 is 12.3 Å².